The van der Waals surface area contributed by atoms with E-state index >= 15 is 0 Å². The largest absolute Gasteiger partial charge is 0.149 e. The smallest absolute Gasteiger partial charge is 0.00825 e. The first-order valence-corrected chi connectivity index (χ1v) is 10.2. The van der Waals surface area contributed by atoms with Crippen molar-refractivity contribution in [3.63, 3.8) is 0 Å². The van der Waals surface area contributed by atoms with Crippen molar-refractivity contribution in [1.82, 2.24) is 0 Å². The fourth-order valence-electron chi connectivity index (χ4n) is 2.81. The van der Waals surface area contributed by atoms with Crippen LogP contribution in [0.4, 0.5) is 0 Å². The van der Waals surface area contributed by atoms with Crippen molar-refractivity contribution < 1.29 is 0 Å². The van der Waals surface area contributed by atoms with Gasteiger partial charge in [0.05, 0.1) is 0 Å². The molecule has 0 N–H and O–H groups in total. The predicted octanol–water partition coefficient (Wildman–Crippen LogP) is 7.78. The Morgan fingerprint density at radius 2 is 1.29 bits per heavy atom. The highest BCUT2D eigenvalue weighted by Crippen LogP contribution is 2.16. The van der Waals surface area contributed by atoms with Crippen LogP contribution in [0.5, 0.6) is 0 Å². The average molecular weight is 308 g/mol. The van der Waals surface area contributed by atoms with Gasteiger partial charge < -0.3 is 0 Å². The van der Waals surface area contributed by atoms with E-state index in [1.54, 1.807) is 0 Å². The van der Waals surface area contributed by atoms with E-state index in [1.165, 1.54) is 94.8 Å². The van der Waals surface area contributed by atoms with Gasteiger partial charge in [-0.1, -0.05) is 96.5 Å². The summed E-state index contributed by atoms with van der Waals surface area (Å²) in [5.74, 6) is 0. The van der Waals surface area contributed by atoms with Gasteiger partial charge in [0.2, 0.25) is 0 Å². The van der Waals surface area contributed by atoms with E-state index in [0.29, 0.717) is 0 Å². The lowest BCUT2D eigenvalue weighted by Crippen LogP contribution is -1.83. The summed E-state index contributed by atoms with van der Waals surface area (Å²) in [6, 6.07) is 4.35. The molecular weight excluding hydrogens is 272 g/mol. The summed E-state index contributed by atoms with van der Waals surface area (Å²) < 4.78 is 0. The van der Waals surface area contributed by atoms with Gasteiger partial charge in [0.25, 0.3) is 0 Å². The third kappa shape index (κ3) is 12.0. The minimum Gasteiger partial charge on any atom is -0.149 e. The minimum absolute atomic E-state index is 1.26. The third-order valence-electron chi connectivity index (χ3n) is 4.20. The van der Waals surface area contributed by atoms with Gasteiger partial charge in [-0.15, -0.1) is 11.3 Å². The van der Waals surface area contributed by atoms with Crippen molar-refractivity contribution in [2.45, 2.75) is 96.8 Å². The van der Waals surface area contributed by atoms with Gasteiger partial charge >= 0.3 is 0 Å². The summed E-state index contributed by atoms with van der Waals surface area (Å²) in [5, 5.41) is 2.16. The molecule has 0 bridgehead atoms. The van der Waals surface area contributed by atoms with E-state index in [2.05, 4.69) is 30.9 Å². The first-order valence-electron chi connectivity index (χ1n) is 9.30. The lowest BCUT2D eigenvalue weighted by Gasteiger charge is -2.03. The molecule has 0 spiro atoms. The van der Waals surface area contributed by atoms with Crippen molar-refractivity contribution in [2.75, 3.05) is 0 Å². The highest BCUT2D eigenvalue weighted by Gasteiger charge is 1.96. The fraction of sp³-hybridized carbons (Fsp3) is 0.750. The average Bonchev–Trinajstić information content (AvgIpc) is 3.01. The third-order valence-corrected chi connectivity index (χ3v) is 5.06. The molecule has 121 valence electrons. The second-order valence-corrected chi connectivity index (χ2v) is 7.23. The van der Waals surface area contributed by atoms with E-state index in [-0.39, 0.29) is 0 Å². The maximum atomic E-state index is 2.39. The molecule has 0 saturated carbocycles. The Bertz CT molecular complexity index is 289. The summed E-state index contributed by atoms with van der Waals surface area (Å²) in [4.78, 5) is 1.44. The molecule has 0 amide bonds. The van der Waals surface area contributed by atoms with E-state index in [9.17, 15) is 0 Å². The second-order valence-electron chi connectivity index (χ2n) is 6.25. The second kappa shape index (κ2) is 14.6. The van der Waals surface area contributed by atoms with Gasteiger partial charge in [-0.3, -0.25) is 0 Å². The SMILES string of the molecule is CCCCCCCCCCCCCCC[CH]c1cccs1. The molecule has 0 atom stereocenters. The molecule has 0 saturated heterocycles. The van der Waals surface area contributed by atoms with Gasteiger partial charge in [-0.2, -0.15) is 0 Å². The monoisotopic (exact) mass is 307 g/mol. The Morgan fingerprint density at radius 1 is 0.762 bits per heavy atom. The van der Waals surface area contributed by atoms with Crippen molar-refractivity contribution in [2.24, 2.45) is 0 Å². The Hall–Kier alpha value is -0.300. The summed E-state index contributed by atoms with van der Waals surface area (Å²) in [6.45, 7) is 2.29. The van der Waals surface area contributed by atoms with Crippen LogP contribution < -0.4 is 0 Å². The van der Waals surface area contributed by atoms with Gasteiger partial charge in [-0.25, -0.2) is 0 Å². The number of thiophene rings is 1. The Balaban J connectivity index is 1.69. The molecule has 0 aliphatic heterocycles. The maximum Gasteiger partial charge on any atom is 0.00825 e. The number of hydrogen-bond donors (Lipinski definition) is 0. The van der Waals surface area contributed by atoms with Crippen LogP contribution in [0.25, 0.3) is 0 Å². The Labute approximate surface area is 137 Å². The summed E-state index contributed by atoms with van der Waals surface area (Å²) in [6.07, 6.45) is 22.4. The molecule has 0 nitrogen and oxygen atoms in total. The normalized spacial score (nSPS) is 11.1. The zero-order valence-corrected chi connectivity index (χ0v) is 14.9. The van der Waals surface area contributed by atoms with E-state index in [4.69, 9.17) is 0 Å². The van der Waals surface area contributed by atoms with E-state index in [0.717, 1.165) is 0 Å². The number of rotatable bonds is 15. The maximum absolute atomic E-state index is 2.39. The van der Waals surface area contributed by atoms with Crippen molar-refractivity contribution in [3.05, 3.63) is 28.8 Å². The standard InChI is InChI=1S/C20H35S/c1-2-3-4-5-6-7-8-9-10-11-12-13-14-15-17-20-18-16-19-21-20/h16-19H,2-15H2,1H3. The van der Waals surface area contributed by atoms with E-state index < -0.39 is 0 Å². The van der Waals surface area contributed by atoms with Crippen molar-refractivity contribution >= 4 is 11.3 Å². The summed E-state index contributed by atoms with van der Waals surface area (Å²) >= 11 is 1.85. The highest BCUT2D eigenvalue weighted by molar-refractivity contribution is 7.10. The molecule has 1 aromatic heterocycles. The molecule has 0 fully saturated rings. The van der Waals surface area contributed by atoms with Crippen LogP contribution in [0.1, 0.15) is 102 Å². The van der Waals surface area contributed by atoms with Gasteiger partial charge in [0.1, 0.15) is 0 Å². The molecule has 1 heteroatoms. The van der Waals surface area contributed by atoms with Crippen molar-refractivity contribution in [3.8, 4) is 0 Å². The zero-order valence-electron chi connectivity index (χ0n) is 14.1. The highest BCUT2D eigenvalue weighted by atomic mass is 32.1. The number of hydrogen-bond acceptors (Lipinski definition) is 1. The first kappa shape index (κ1) is 18.7. The van der Waals surface area contributed by atoms with Crippen LogP contribution in [-0.2, 0) is 0 Å². The summed E-state index contributed by atoms with van der Waals surface area (Å²) in [7, 11) is 0. The van der Waals surface area contributed by atoms with Crippen LogP contribution >= 0.6 is 11.3 Å². The first-order chi connectivity index (χ1) is 10.4. The quantitative estimate of drug-likeness (QED) is 0.290. The molecule has 0 unspecified atom stereocenters. The molecule has 1 aromatic rings. The Morgan fingerprint density at radius 3 is 1.76 bits per heavy atom. The van der Waals surface area contributed by atoms with Gasteiger partial charge in [0, 0.05) is 11.3 Å². The minimum atomic E-state index is 1.26. The molecule has 0 aromatic carbocycles. The van der Waals surface area contributed by atoms with Crippen LogP contribution in [0, 0.1) is 6.42 Å². The Kier molecular flexibility index (Phi) is 13.1. The number of unbranched alkanes of at least 4 members (excludes halogenated alkanes) is 13. The van der Waals surface area contributed by atoms with Crippen LogP contribution in [0.3, 0.4) is 0 Å². The lowest BCUT2D eigenvalue weighted by molar-refractivity contribution is 0.539. The van der Waals surface area contributed by atoms with Crippen molar-refractivity contribution in [1.29, 1.82) is 0 Å². The molecule has 1 rings (SSSR count). The fourth-order valence-corrected chi connectivity index (χ4v) is 3.50. The van der Waals surface area contributed by atoms with Crippen LogP contribution in [-0.4, -0.2) is 0 Å². The van der Waals surface area contributed by atoms with Crippen LogP contribution in [0.15, 0.2) is 17.5 Å². The molecule has 0 aliphatic rings. The van der Waals surface area contributed by atoms with Gasteiger partial charge in [0.15, 0.2) is 0 Å². The van der Waals surface area contributed by atoms with E-state index in [1.807, 2.05) is 11.3 Å². The molecule has 21 heavy (non-hydrogen) atoms. The predicted molar refractivity (Wildman–Crippen MR) is 98.0 cm³/mol. The van der Waals surface area contributed by atoms with Gasteiger partial charge in [-0.05, 0) is 17.9 Å². The topological polar surface area (TPSA) is 0 Å². The summed E-state index contributed by atoms with van der Waals surface area (Å²) in [5.41, 5.74) is 0. The lowest BCUT2D eigenvalue weighted by atomic mass is 10.0. The molecule has 1 heterocycles. The van der Waals surface area contributed by atoms with Crippen LogP contribution in [0.2, 0.25) is 0 Å². The molecule has 1 radical (unpaired) electrons. The molecular formula is C20H35S. The molecule has 0 aliphatic carbocycles. The zero-order chi connectivity index (χ0) is 15.0.